The lowest BCUT2D eigenvalue weighted by atomic mass is 9.96. The first-order valence-electron chi connectivity index (χ1n) is 11.9. The molecule has 7 nitrogen and oxygen atoms in total. The van der Waals surface area contributed by atoms with Crippen LogP contribution in [0.1, 0.15) is 85.6 Å². The van der Waals surface area contributed by atoms with Gasteiger partial charge in [0.25, 0.3) is 5.79 Å². The summed E-state index contributed by atoms with van der Waals surface area (Å²) in [5.41, 5.74) is -1.41. The summed E-state index contributed by atoms with van der Waals surface area (Å²) in [6, 6.07) is 8.79. The number of imide groups is 1. The molecule has 1 aromatic carbocycles. The molecule has 0 bridgehead atoms. The lowest BCUT2D eigenvalue weighted by Gasteiger charge is -2.36. The highest BCUT2D eigenvalue weighted by Gasteiger charge is 2.55. The van der Waals surface area contributed by atoms with Gasteiger partial charge >= 0.3 is 18.2 Å². The SMILES string of the molecule is CC(C)(C)OC(=O)N(C(=O)OC(C)(C)C)C(F)(CCC1CCCC1)C(=O)OCc1ccccc1. The van der Waals surface area contributed by atoms with Crippen LogP contribution in [0.25, 0.3) is 0 Å². The highest BCUT2D eigenvalue weighted by atomic mass is 19.1. The third kappa shape index (κ3) is 8.29. The smallest absolute Gasteiger partial charge is 0.423 e. The third-order valence-corrected chi connectivity index (χ3v) is 5.39. The molecule has 2 amide bonds. The van der Waals surface area contributed by atoms with Gasteiger partial charge in [-0.15, -0.1) is 0 Å². The molecule has 2 rings (SSSR count). The maximum Gasteiger partial charge on any atom is 0.423 e. The molecule has 0 heterocycles. The molecular weight excluding hydrogens is 441 g/mol. The zero-order valence-corrected chi connectivity index (χ0v) is 21.2. The minimum atomic E-state index is -3.08. The number of carbonyl (C=O) groups excluding carboxylic acids is 3. The van der Waals surface area contributed by atoms with Crippen molar-refractivity contribution in [2.24, 2.45) is 5.92 Å². The minimum absolute atomic E-state index is 0.159. The quantitative estimate of drug-likeness (QED) is 0.251. The van der Waals surface area contributed by atoms with E-state index in [2.05, 4.69) is 0 Å². The monoisotopic (exact) mass is 479 g/mol. The van der Waals surface area contributed by atoms with Gasteiger partial charge in [0.15, 0.2) is 0 Å². The van der Waals surface area contributed by atoms with Crippen LogP contribution in [0.2, 0.25) is 0 Å². The number of halogens is 1. The number of carbonyl (C=O) groups is 3. The van der Waals surface area contributed by atoms with E-state index in [9.17, 15) is 14.4 Å². The van der Waals surface area contributed by atoms with Gasteiger partial charge in [-0.1, -0.05) is 56.0 Å². The Balaban J connectivity index is 2.38. The first kappa shape index (κ1) is 27.6. The largest absolute Gasteiger partial charge is 0.457 e. The van der Waals surface area contributed by atoms with Gasteiger partial charge in [0.2, 0.25) is 0 Å². The minimum Gasteiger partial charge on any atom is -0.457 e. The Bertz CT molecular complexity index is 811. The van der Waals surface area contributed by atoms with Crippen molar-refractivity contribution in [2.75, 3.05) is 0 Å². The van der Waals surface area contributed by atoms with E-state index >= 15 is 4.39 Å². The fourth-order valence-corrected chi connectivity index (χ4v) is 3.81. The number of amides is 2. The maximum atomic E-state index is 16.7. The third-order valence-electron chi connectivity index (χ3n) is 5.39. The van der Waals surface area contributed by atoms with Crippen molar-refractivity contribution in [3.8, 4) is 0 Å². The first-order valence-corrected chi connectivity index (χ1v) is 11.9. The molecule has 0 saturated heterocycles. The molecule has 1 saturated carbocycles. The molecule has 0 radical (unpaired) electrons. The van der Waals surface area contributed by atoms with Crippen LogP contribution in [-0.2, 0) is 25.6 Å². The Morgan fingerprint density at radius 3 is 1.88 bits per heavy atom. The molecule has 1 aliphatic rings. The summed E-state index contributed by atoms with van der Waals surface area (Å²) in [5, 5.41) is 0. The summed E-state index contributed by atoms with van der Waals surface area (Å²) < 4.78 is 32.6. The Morgan fingerprint density at radius 2 is 1.41 bits per heavy atom. The van der Waals surface area contributed by atoms with Crippen LogP contribution < -0.4 is 0 Å². The van der Waals surface area contributed by atoms with Crippen LogP contribution >= 0.6 is 0 Å². The lowest BCUT2D eigenvalue weighted by molar-refractivity contribution is -0.173. The molecule has 1 unspecified atom stereocenters. The van der Waals surface area contributed by atoms with Gasteiger partial charge in [0.1, 0.15) is 17.8 Å². The fraction of sp³-hybridized carbons (Fsp3) is 0.654. The average Bonchev–Trinajstić information content (AvgIpc) is 3.22. The number of alkyl halides is 1. The Hall–Kier alpha value is -2.64. The van der Waals surface area contributed by atoms with Gasteiger partial charge < -0.3 is 14.2 Å². The van der Waals surface area contributed by atoms with E-state index in [4.69, 9.17) is 14.2 Å². The van der Waals surface area contributed by atoms with Crippen molar-refractivity contribution < 1.29 is 33.0 Å². The molecule has 1 aliphatic carbocycles. The topological polar surface area (TPSA) is 82.1 Å². The van der Waals surface area contributed by atoms with Crippen molar-refractivity contribution >= 4 is 18.2 Å². The van der Waals surface area contributed by atoms with Gasteiger partial charge in [0, 0.05) is 6.42 Å². The summed E-state index contributed by atoms with van der Waals surface area (Å²) in [5.74, 6) is -4.20. The van der Waals surface area contributed by atoms with Crippen molar-refractivity contribution in [1.29, 1.82) is 0 Å². The van der Waals surface area contributed by atoms with Crippen molar-refractivity contribution in [3.63, 3.8) is 0 Å². The summed E-state index contributed by atoms with van der Waals surface area (Å²) >= 11 is 0. The molecule has 1 fully saturated rings. The first-order chi connectivity index (χ1) is 15.7. The zero-order chi connectivity index (χ0) is 25.6. The maximum absolute atomic E-state index is 16.7. The lowest BCUT2D eigenvalue weighted by Crippen LogP contribution is -2.59. The van der Waals surface area contributed by atoms with E-state index in [-0.39, 0.29) is 17.4 Å². The van der Waals surface area contributed by atoms with Gasteiger partial charge in [-0.2, -0.15) is 4.90 Å². The number of ether oxygens (including phenoxy) is 3. The molecular formula is C26H38FNO6. The summed E-state index contributed by atoms with van der Waals surface area (Å²) in [6.45, 7) is 9.32. The van der Waals surface area contributed by atoms with Gasteiger partial charge in [0.05, 0.1) is 0 Å². The zero-order valence-electron chi connectivity index (χ0n) is 21.2. The predicted octanol–water partition coefficient (Wildman–Crippen LogP) is 6.54. The van der Waals surface area contributed by atoms with E-state index in [1.165, 1.54) is 0 Å². The molecule has 34 heavy (non-hydrogen) atoms. The van der Waals surface area contributed by atoms with Crippen molar-refractivity contribution in [1.82, 2.24) is 4.90 Å². The van der Waals surface area contributed by atoms with E-state index in [1.807, 2.05) is 0 Å². The van der Waals surface area contributed by atoms with Crippen LogP contribution in [0.5, 0.6) is 0 Å². The molecule has 0 N–H and O–H groups in total. The molecule has 1 atom stereocenters. The molecule has 0 spiro atoms. The Labute approximate surface area is 201 Å². The average molecular weight is 480 g/mol. The molecule has 0 aromatic heterocycles. The molecule has 8 heteroatoms. The van der Waals surface area contributed by atoms with Crippen LogP contribution in [-0.4, -0.2) is 40.1 Å². The van der Waals surface area contributed by atoms with Gasteiger partial charge in [-0.3, -0.25) is 0 Å². The number of hydrogen-bond donors (Lipinski definition) is 0. The second-order valence-corrected chi connectivity index (χ2v) is 10.8. The Kier molecular flexibility index (Phi) is 9.08. The highest BCUT2D eigenvalue weighted by Crippen LogP contribution is 2.36. The van der Waals surface area contributed by atoms with Crippen LogP contribution in [0.3, 0.4) is 0 Å². The number of rotatable bonds is 7. The second-order valence-electron chi connectivity index (χ2n) is 10.8. The van der Waals surface area contributed by atoms with Gasteiger partial charge in [-0.25, -0.2) is 18.8 Å². The summed E-state index contributed by atoms with van der Waals surface area (Å²) in [7, 11) is 0. The molecule has 0 aliphatic heterocycles. The van der Waals surface area contributed by atoms with E-state index in [0.29, 0.717) is 12.0 Å². The van der Waals surface area contributed by atoms with Crippen LogP contribution in [0.4, 0.5) is 14.0 Å². The standard InChI is InChI=1S/C26H38FNO6/c1-24(2,3)33-22(30)28(23(31)34-25(4,5)6)26(27,17-16-19-12-10-11-13-19)21(29)32-18-20-14-8-7-9-15-20/h7-9,14-15,19H,10-13,16-18H2,1-6H3. The van der Waals surface area contributed by atoms with E-state index < -0.39 is 41.6 Å². The highest BCUT2D eigenvalue weighted by molar-refractivity contribution is 5.95. The number of hydrogen-bond acceptors (Lipinski definition) is 6. The molecule has 1 aromatic rings. The van der Waals surface area contributed by atoms with Crippen molar-refractivity contribution in [2.45, 2.75) is 104 Å². The number of nitrogens with zero attached hydrogens (tertiary/aromatic N) is 1. The van der Waals surface area contributed by atoms with Crippen LogP contribution in [0, 0.1) is 5.92 Å². The Morgan fingerprint density at radius 1 is 0.912 bits per heavy atom. The second kappa shape index (κ2) is 11.2. The van der Waals surface area contributed by atoms with Gasteiger partial charge in [-0.05, 0) is 59.4 Å². The number of esters is 1. The number of benzene rings is 1. The summed E-state index contributed by atoms with van der Waals surface area (Å²) in [6.07, 6.45) is 1.21. The van der Waals surface area contributed by atoms with E-state index in [0.717, 1.165) is 25.7 Å². The van der Waals surface area contributed by atoms with Crippen LogP contribution in [0.15, 0.2) is 30.3 Å². The predicted molar refractivity (Wildman–Crippen MR) is 126 cm³/mol. The van der Waals surface area contributed by atoms with E-state index in [1.54, 1.807) is 71.9 Å². The summed E-state index contributed by atoms with van der Waals surface area (Å²) in [4.78, 5) is 39.5. The molecule has 190 valence electrons. The fourth-order valence-electron chi connectivity index (χ4n) is 3.81. The van der Waals surface area contributed by atoms with Crippen molar-refractivity contribution in [3.05, 3.63) is 35.9 Å². The normalized spacial score (nSPS) is 16.4.